The molecule has 0 radical (unpaired) electrons. The first-order valence-corrected chi connectivity index (χ1v) is 11.4. The molecule has 0 spiro atoms. The van der Waals surface area contributed by atoms with Crippen LogP contribution in [-0.2, 0) is 17.5 Å². The summed E-state index contributed by atoms with van der Waals surface area (Å²) >= 11 is 0. The van der Waals surface area contributed by atoms with Gasteiger partial charge in [-0.1, -0.05) is 12.1 Å². The topological polar surface area (TPSA) is 97.0 Å². The van der Waals surface area contributed by atoms with Crippen molar-refractivity contribution in [2.75, 3.05) is 49.9 Å². The third-order valence-corrected chi connectivity index (χ3v) is 6.92. The van der Waals surface area contributed by atoms with Gasteiger partial charge in [0.05, 0.1) is 26.8 Å². The van der Waals surface area contributed by atoms with Gasteiger partial charge in [-0.25, -0.2) is 9.19 Å². The fourth-order valence-electron chi connectivity index (χ4n) is 3.89. The maximum Gasteiger partial charge on any atom is 0.264 e. The average Bonchev–Trinajstić information content (AvgIpc) is 3.23. The van der Waals surface area contributed by atoms with Gasteiger partial charge in [0.15, 0.2) is 11.5 Å². The quantitative estimate of drug-likeness (QED) is 0.581. The zero-order valence-corrected chi connectivity index (χ0v) is 19.3. The highest BCUT2D eigenvalue weighted by Gasteiger charge is 2.22. The maximum absolute atomic E-state index is 12.9. The molecule has 2 aromatic carbocycles. The highest BCUT2D eigenvalue weighted by Crippen LogP contribution is 2.41. The molecule has 0 bridgehead atoms. The van der Waals surface area contributed by atoms with E-state index in [4.69, 9.17) is 14.2 Å². The number of benzene rings is 2. The number of aromatic amines is 1. The molecule has 32 heavy (non-hydrogen) atoms. The number of rotatable bonds is 7. The first kappa shape index (κ1) is 21.9. The van der Waals surface area contributed by atoms with Crippen molar-refractivity contribution in [2.24, 2.45) is 0 Å². The highest BCUT2D eigenvalue weighted by atomic mass is 32.2. The molecule has 1 aromatic heterocycles. The van der Waals surface area contributed by atoms with Crippen molar-refractivity contribution in [3.8, 4) is 17.2 Å². The minimum Gasteiger partial charge on any atom is -0.493 e. The van der Waals surface area contributed by atoms with Crippen molar-refractivity contribution in [1.29, 1.82) is 0 Å². The van der Waals surface area contributed by atoms with Gasteiger partial charge < -0.3 is 19.1 Å². The molecule has 1 N–H and O–H groups in total. The summed E-state index contributed by atoms with van der Waals surface area (Å²) in [4.78, 5) is 22.2. The van der Waals surface area contributed by atoms with Crippen molar-refractivity contribution < 1.29 is 18.4 Å². The number of anilines is 2. The van der Waals surface area contributed by atoms with Crippen LogP contribution in [-0.4, -0.2) is 54.9 Å². The lowest BCUT2D eigenvalue weighted by molar-refractivity contribution is 0.327. The number of hydrogen-bond acceptors (Lipinski definition) is 7. The van der Waals surface area contributed by atoms with Crippen LogP contribution in [0.25, 0.3) is 10.9 Å². The maximum atomic E-state index is 12.9. The summed E-state index contributed by atoms with van der Waals surface area (Å²) in [7, 11) is 5.35. The van der Waals surface area contributed by atoms with Crippen LogP contribution in [0.1, 0.15) is 12.0 Å². The number of aromatic nitrogens is 2. The molecule has 0 amide bonds. The number of methoxy groups -OCH3 is 3. The van der Waals surface area contributed by atoms with Crippen molar-refractivity contribution in [1.82, 2.24) is 9.97 Å². The van der Waals surface area contributed by atoms with Crippen molar-refractivity contribution in [3.63, 3.8) is 0 Å². The van der Waals surface area contributed by atoms with E-state index in [2.05, 4.69) is 9.97 Å². The van der Waals surface area contributed by atoms with E-state index >= 15 is 0 Å². The van der Waals surface area contributed by atoms with Crippen LogP contribution in [0.2, 0.25) is 0 Å². The lowest BCUT2D eigenvalue weighted by atomic mass is 10.2. The Labute approximate surface area is 188 Å². The highest BCUT2D eigenvalue weighted by molar-refractivity contribution is 7.86. The zero-order chi connectivity index (χ0) is 22.8. The number of H-pyrrole nitrogens is 1. The second kappa shape index (κ2) is 9.07. The predicted molar refractivity (Wildman–Crippen MR) is 126 cm³/mol. The summed E-state index contributed by atoms with van der Waals surface area (Å²) in [5.74, 6) is 2.15. The molecule has 9 nitrogen and oxygen atoms in total. The fraction of sp³-hybridized carbons (Fsp3) is 0.364. The fourth-order valence-corrected chi connectivity index (χ4v) is 5.16. The van der Waals surface area contributed by atoms with E-state index in [1.54, 1.807) is 6.07 Å². The Hall–Kier alpha value is -3.27. The van der Waals surface area contributed by atoms with Gasteiger partial charge in [-0.2, -0.15) is 0 Å². The van der Waals surface area contributed by atoms with Crippen molar-refractivity contribution in [3.05, 3.63) is 46.2 Å². The molecule has 2 heterocycles. The second-order valence-electron chi connectivity index (χ2n) is 7.44. The first-order valence-electron chi connectivity index (χ1n) is 10.2. The van der Waals surface area contributed by atoms with E-state index in [1.165, 1.54) is 21.3 Å². The number of hydrogen-bond donors (Lipinski definition) is 1. The van der Waals surface area contributed by atoms with Gasteiger partial charge in [0, 0.05) is 37.6 Å². The minimum atomic E-state index is -0.971. The Morgan fingerprint density at radius 1 is 1.16 bits per heavy atom. The van der Waals surface area contributed by atoms with E-state index in [0.717, 1.165) is 24.2 Å². The monoisotopic (exact) mass is 458 g/mol. The minimum absolute atomic E-state index is 0.274. The van der Waals surface area contributed by atoms with E-state index in [-0.39, 0.29) is 11.3 Å². The molecular weight excluding hydrogens is 432 g/mol. The van der Waals surface area contributed by atoms with Crippen LogP contribution < -0.4 is 29.0 Å². The molecule has 1 atom stereocenters. The number of ether oxygens (including phenoxy) is 3. The van der Waals surface area contributed by atoms with Crippen molar-refractivity contribution >= 4 is 33.5 Å². The van der Waals surface area contributed by atoms with Crippen LogP contribution in [0.15, 0.2) is 35.1 Å². The summed E-state index contributed by atoms with van der Waals surface area (Å²) in [6.45, 7) is 1.30. The molecular formula is C22H26N4O5S. The summed E-state index contributed by atoms with van der Waals surface area (Å²) in [5, 5.41) is 0.292. The van der Waals surface area contributed by atoms with Gasteiger partial charge in [0.25, 0.3) is 5.56 Å². The molecule has 1 saturated heterocycles. The van der Waals surface area contributed by atoms with E-state index in [9.17, 15) is 9.00 Å². The third kappa shape index (κ3) is 3.97. The number of fused-ring (bicyclic) bond motifs is 1. The Morgan fingerprint density at radius 2 is 1.94 bits per heavy atom. The number of nitrogens with zero attached hydrogens (tertiary/aromatic N) is 3. The van der Waals surface area contributed by atoms with Crippen LogP contribution in [0, 0.1) is 0 Å². The van der Waals surface area contributed by atoms with Crippen LogP contribution in [0.4, 0.5) is 11.6 Å². The molecule has 1 fully saturated rings. The van der Waals surface area contributed by atoms with Crippen LogP contribution >= 0.6 is 0 Å². The molecule has 3 aromatic rings. The lowest BCUT2D eigenvalue weighted by Crippen LogP contribution is -2.24. The third-order valence-electron chi connectivity index (χ3n) is 5.39. The Kier molecular flexibility index (Phi) is 6.22. The standard InChI is InChI=1S/C22H26N4O5S/c1-25(13-14-7-5-8-15(11-14)26-9-6-10-32(26)28)22-23-16-12-17(29-2)19(30-3)20(31-4)18(16)21(27)24-22/h5,7-8,11-12H,6,9-10,13H2,1-4H3,(H,23,24,27). The van der Waals surface area contributed by atoms with Gasteiger partial charge in [0.1, 0.15) is 16.4 Å². The van der Waals surface area contributed by atoms with Gasteiger partial charge in [-0.15, -0.1) is 0 Å². The van der Waals surface area contributed by atoms with Crippen molar-refractivity contribution in [2.45, 2.75) is 13.0 Å². The predicted octanol–water partition coefficient (Wildman–Crippen LogP) is 2.46. The molecule has 170 valence electrons. The van der Waals surface area contributed by atoms with Gasteiger partial charge in [-0.3, -0.25) is 14.1 Å². The first-order chi connectivity index (χ1) is 15.5. The molecule has 1 unspecified atom stereocenters. The normalized spacial score (nSPS) is 15.8. The molecule has 0 aliphatic carbocycles. The van der Waals surface area contributed by atoms with Crippen LogP contribution in [0.3, 0.4) is 0 Å². The lowest BCUT2D eigenvalue weighted by Gasteiger charge is -2.21. The van der Waals surface area contributed by atoms with E-state index in [0.29, 0.717) is 40.6 Å². The van der Waals surface area contributed by atoms with Gasteiger partial charge in [0.2, 0.25) is 11.7 Å². The van der Waals surface area contributed by atoms with Gasteiger partial charge >= 0.3 is 0 Å². The second-order valence-corrected chi connectivity index (χ2v) is 8.93. The number of nitrogens with one attached hydrogen (secondary N) is 1. The SMILES string of the molecule is COc1cc2nc(N(C)Cc3cccc(N4CCCS4=O)c3)[nH]c(=O)c2c(OC)c1OC. The summed E-state index contributed by atoms with van der Waals surface area (Å²) in [5.41, 5.74) is 2.05. The molecule has 10 heteroatoms. The Balaban J connectivity index is 1.68. The zero-order valence-electron chi connectivity index (χ0n) is 18.5. The molecule has 1 aliphatic rings. The molecule has 4 rings (SSSR count). The molecule has 0 saturated carbocycles. The largest absolute Gasteiger partial charge is 0.493 e. The van der Waals surface area contributed by atoms with E-state index < -0.39 is 11.0 Å². The molecule has 1 aliphatic heterocycles. The Bertz CT molecular complexity index is 1230. The smallest absolute Gasteiger partial charge is 0.264 e. The van der Waals surface area contributed by atoms with Crippen LogP contribution in [0.5, 0.6) is 17.2 Å². The summed E-state index contributed by atoms with van der Waals surface area (Å²) in [6, 6.07) is 9.60. The Morgan fingerprint density at radius 3 is 2.59 bits per heavy atom. The summed E-state index contributed by atoms with van der Waals surface area (Å²) in [6.07, 6.45) is 0.927. The average molecular weight is 459 g/mol. The van der Waals surface area contributed by atoms with E-state index in [1.807, 2.05) is 40.5 Å². The van der Waals surface area contributed by atoms with Gasteiger partial charge in [-0.05, 0) is 24.1 Å². The summed E-state index contributed by atoms with van der Waals surface area (Å²) < 4.78 is 30.3.